The summed E-state index contributed by atoms with van der Waals surface area (Å²) in [5, 5.41) is 0. The first-order valence-electron chi connectivity index (χ1n) is 8.95. The Morgan fingerprint density at radius 2 is 1.82 bits per heavy atom. The van der Waals surface area contributed by atoms with E-state index in [1.54, 1.807) is 43.6 Å². The van der Waals surface area contributed by atoms with Gasteiger partial charge in [-0.2, -0.15) is 0 Å². The Hall–Kier alpha value is -1.94. The Balaban J connectivity index is 1.82. The molecule has 0 aliphatic carbocycles. The van der Waals surface area contributed by atoms with Crippen LogP contribution in [0, 0.1) is 6.92 Å². The van der Waals surface area contributed by atoms with Gasteiger partial charge in [-0.15, -0.1) is 0 Å². The number of benzene rings is 1. The monoisotopic (exact) mass is 404 g/mol. The number of pyridine rings is 1. The molecule has 0 spiro atoms. The highest BCUT2D eigenvalue weighted by Gasteiger charge is 2.54. The lowest BCUT2D eigenvalue weighted by Gasteiger charge is -2.35. The molecule has 0 bridgehead atoms. The lowest BCUT2D eigenvalue weighted by molar-refractivity contribution is -0.0594. The predicted octanol–water partition coefficient (Wildman–Crippen LogP) is 2.12. The second-order valence-corrected chi connectivity index (χ2v) is 9.35. The molecule has 3 rings (SSSR count). The molecule has 1 fully saturated rings. The molecule has 2 aromatic rings. The van der Waals surface area contributed by atoms with Crippen LogP contribution in [0.3, 0.4) is 0 Å². The smallest absolute Gasteiger partial charge is 0.399 e. The highest BCUT2D eigenvalue weighted by molar-refractivity contribution is 7.92. The first kappa shape index (κ1) is 20.8. The maximum atomic E-state index is 12.6. The van der Waals surface area contributed by atoms with Gasteiger partial charge in [-0.25, -0.2) is 8.42 Å². The summed E-state index contributed by atoms with van der Waals surface area (Å²) < 4.78 is 45.3. The predicted molar refractivity (Wildman–Crippen MR) is 108 cm³/mol. The Morgan fingerprint density at radius 1 is 1.14 bits per heavy atom. The van der Waals surface area contributed by atoms with Gasteiger partial charge >= 0.3 is 7.12 Å². The molecule has 1 atom stereocenters. The molecule has 1 aliphatic rings. The van der Waals surface area contributed by atoms with Crippen LogP contribution >= 0.6 is 0 Å². The molecule has 1 aromatic carbocycles. The second kappa shape index (κ2) is 7.48. The van der Waals surface area contributed by atoms with Gasteiger partial charge in [-0.3, -0.25) is 9.71 Å². The second-order valence-electron chi connectivity index (χ2n) is 7.67. The number of aryl methyl sites for hydroxylation is 1. The molecule has 0 amide bonds. The van der Waals surface area contributed by atoms with Crippen LogP contribution in [0.4, 0.5) is 5.69 Å². The lowest BCUT2D eigenvalue weighted by Crippen LogP contribution is -2.48. The van der Waals surface area contributed by atoms with Crippen molar-refractivity contribution in [1.29, 1.82) is 0 Å². The van der Waals surface area contributed by atoms with Gasteiger partial charge < -0.3 is 14.0 Å². The summed E-state index contributed by atoms with van der Waals surface area (Å²) in [6.07, 6.45) is 3.05. The summed E-state index contributed by atoms with van der Waals surface area (Å²) in [4.78, 5) is 4.33. The zero-order chi connectivity index (χ0) is 20.6. The van der Waals surface area contributed by atoms with Gasteiger partial charge in [-0.05, 0) is 45.9 Å². The highest BCUT2D eigenvalue weighted by Crippen LogP contribution is 2.37. The normalized spacial score (nSPS) is 21.7. The molecule has 9 heteroatoms. The van der Waals surface area contributed by atoms with E-state index in [0.717, 1.165) is 5.56 Å². The third kappa shape index (κ3) is 4.07. The molecule has 28 heavy (non-hydrogen) atoms. The van der Waals surface area contributed by atoms with Gasteiger partial charge in [0.15, 0.2) is 0 Å². The number of hydrogen-bond acceptors (Lipinski definition) is 6. The molecule has 1 aliphatic heterocycles. The number of methoxy groups -OCH3 is 1. The third-order valence-electron chi connectivity index (χ3n) is 5.08. The molecule has 0 saturated carbocycles. The zero-order valence-corrected chi connectivity index (χ0v) is 17.5. The molecule has 1 unspecified atom stereocenters. The average molecular weight is 404 g/mol. The van der Waals surface area contributed by atoms with Crippen LogP contribution < -0.4 is 10.2 Å². The number of nitrogens with zero attached hydrogens (tertiary/aromatic N) is 1. The fourth-order valence-corrected chi connectivity index (χ4v) is 4.02. The Kier molecular flexibility index (Phi) is 5.55. The van der Waals surface area contributed by atoms with E-state index in [1.807, 2.05) is 27.7 Å². The highest BCUT2D eigenvalue weighted by atomic mass is 32.2. The number of aromatic nitrogens is 1. The topological polar surface area (TPSA) is 86.8 Å². The van der Waals surface area contributed by atoms with E-state index < -0.39 is 28.3 Å². The van der Waals surface area contributed by atoms with Crippen LogP contribution in [0.1, 0.15) is 26.3 Å². The fraction of sp³-hybridized carbons (Fsp3) is 0.421. The summed E-state index contributed by atoms with van der Waals surface area (Å²) in [5.74, 6) is 0. The van der Waals surface area contributed by atoms with Crippen molar-refractivity contribution in [2.24, 2.45) is 0 Å². The Labute approximate surface area is 166 Å². The van der Waals surface area contributed by atoms with Gasteiger partial charge in [-0.1, -0.05) is 17.7 Å². The van der Waals surface area contributed by atoms with E-state index in [1.165, 1.54) is 6.20 Å². The quantitative estimate of drug-likeness (QED) is 0.743. The number of hydrogen-bond donors (Lipinski definition) is 1. The van der Waals surface area contributed by atoms with E-state index in [9.17, 15) is 8.42 Å². The standard InChI is InChI=1S/C19H25BN2O5S/c1-14-6-8-17(9-7-14)28(23,24)22-16-10-15(11-21-12-16)20-26-18(2,3)19(4,27-20)13-25-5/h6-12,22H,13H2,1-5H3. The fourth-order valence-electron chi connectivity index (χ4n) is 2.99. The van der Waals surface area contributed by atoms with Crippen molar-refractivity contribution in [3.63, 3.8) is 0 Å². The summed E-state index contributed by atoms with van der Waals surface area (Å²) in [6.45, 7) is 8.06. The van der Waals surface area contributed by atoms with Crippen LogP contribution in [0.25, 0.3) is 0 Å². The van der Waals surface area contributed by atoms with E-state index in [0.29, 0.717) is 17.8 Å². The van der Waals surface area contributed by atoms with E-state index in [2.05, 4.69) is 9.71 Å². The maximum Gasteiger partial charge on any atom is 0.496 e. The first-order valence-corrected chi connectivity index (χ1v) is 10.4. The van der Waals surface area contributed by atoms with Gasteiger partial charge in [0.1, 0.15) is 5.60 Å². The Bertz CT molecular complexity index is 949. The minimum atomic E-state index is -3.72. The van der Waals surface area contributed by atoms with Crippen LogP contribution in [0.15, 0.2) is 47.6 Å². The minimum absolute atomic E-state index is 0.186. The van der Waals surface area contributed by atoms with Crippen molar-refractivity contribution < 1.29 is 22.5 Å². The van der Waals surface area contributed by atoms with Crippen molar-refractivity contribution >= 4 is 28.3 Å². The average Bonchev–Trinajstić information content (AvgIpc) is 2.85. The van der Waals surface area contributed by atoms with E-state index in [-0.39, 0.29) is 4.90 Å². The number of rotatable bonds is 6. The Morgan fingerprint density at radius 3 is 2.46 bits per heavy atom. The molecule has 0 radical (unpaired) electrons. The lowest BCUT2D eigenvalue weighted by atomic mass is 9.80. The van der Waals surface area contributed by atoms with Gasteiger partial charge in [0, 0.05) is 18.8 Å². The van der Waals surface area contributed by atoms with Crippen LogP contribution in [0.5, 0.6) is 0 Å². The zero-order valence-electron chi connectivity index (χ0n) is 16.7. The number of nitrogens with one attached hydrogen (secondary N) is 1. The maximum absolute atomic E-state index is 12.6. The molecule has 2 heterocycles. The van der Waals surface area contributed by atoms with Gasteiger partial charge in [0.2, 0.25) is 0 Å². The van der Waals surface area contributed by atoms with Crippen LogP contribution in [0.2, 0.25) is 0 Å². The van der Waals surface area contributed by atoms with Crippen molar-refractivity contribution in [2.45, 2.75) is 43.8 Å². The van der Waals surface area contributed by atoms with Gasteiger partial charge in [0.25, 0.3) is 10.0 Å². The third-order valence-corrected chi connectivity index (χ3v) is 6.47. The van der Waals surface area contributed by atoms with E-state index >= 15 is 0 Å². The number of sulfonamides is 1. The van der Waals surface area contributed by atoms with Crippen LogP contribution in [-0.2, 0) is 24.1 Å². The SMILES string of the molecule is COCC1(C)OB(c2cncc(NS(=O)(=O)c3ccc(C)cc3)c2)OC1(C)C. The van der Waals surface area contributed by atoms with Crippen molar-refractivity contribution in [1.82, 2.24) is 4.98 Å². The summed E-state index contributed by atoms with van der Waals surface area (Å²) in [5.41, 5.74) is 0.704. The van der Waals surface area contributed by atoms with Crippen molar-refractivity contribution in [2.75, 3.05) is 18.4 Å². The molecule has 7 nitrogen and oxygen atoms in total. The van der Waals surface area contributed by atoms with Crippen molar-refractivity contribution in [3.8, 4) is 0 Å². The first-order chi connectivity index (χ1) is 13.1. The molecular formula is C19H25BN2O5S. The summed E-state index contributed by atoms with van der Waals surface area (Å²) >= 11 is 0. The summed E-state index contributed by atoms with van der Waals surface area (Å²) in [7, 11) is -2.78. The van der Waals surface area contributed by atoms with E-state index in [4.69, 9.17) is 14.0 Å². The largest absolute Gasteiger partial charge is 0.496 e. The van der Waals surface area contributed by atoms with Gasteiger partial charge in [0.05, 0.1) is 29.0 Å². The minimum Gasteiger partial charge on any atom is -0.399 e. The van der Waals surface area contributed by atoms with Crippen LogP contribution in [-0.4, -0.2) is 45.4 Å². The number of ether oxygens (including phenoxy) is 1. The molecule has 1 N–H and O–H groups in total. The van der Waals surface area contributed by atoms with Crippen molar-refractivity contribution in [3.05, 3.63) is 48.3 Å². The molecule has 1 saturated heterocycles. The molecule has 150 valence electrons. The number of anilines is 1. The summed E-state index contributed by atoms with van der Waals surface area (Å²) in [6, 6.07) is 8.30. The molecule has 1 aromatic heterocycles. The molecular weight excluding hydrogens is 379 g/mol.